The van der Waals surface area contributed by atoms with Crippen molar-refractivity contribution in [2.24, 2.45) is 0 Å². The summed E-state index contributed by atoms with van der Waals surface area (Å²) in [6.07, 6.45) is 1.58. The van der Waals surface area contributed by atoms with Gasteiger partial charge in [0.2, 0.25) is 15.9 Å². The summed E-state index contributed by atoms with van der Waals surface area (Å²) < 4.78 is 32.3. The van der Waals surface area contributed by atoms with Crippen molar-refractivity contribution < 1.29 is 13.2 Å². The first-order valence-corrected chi connectivity index (χ1v) is 8.62. The number of ether oxygens (including phenoxy) is 1. The number of pyridine rings is 1. The van der Waals surface area contributed by atoms with Crippen molar-refractivity contribution in [1.29, 1.82) is 0 Å². The van der Waals surface area contributed by atoms with Gasteiger partial charge >= 0.3 is 0 Å². The standard InChI is InChI=1S/C13H17N3O3S2/c1-14-7-11-6-13(20-9-11)21(17,18)16-8-10-3-4-15-12(5-10)19-2/h3-6,9,14,16H,7-8H2,1-2H3. The molecule has 0 unspecified atom stereocenters. The minimum atomic E-state index is -3.50. The van der Waals surface area contributed by atoms with Gasteiger partial charge in [-0.3, -0.25) is 0 Å². The van der Waals surface area contributed by atoms with Gasteiger partial charge in [-0.2, -0.15) is 0 Å². The highest BCUT2D eigenvalue weighted by atomic mass is 32.2. The summed E-state index contributed by atoms with van der Waals surface area (Å²) in [5.74, 6) is 0.458. The Balaban J connectivity index is 2.06. The molecule has 0 saturated carbocycles. The maximum Gasteiger partial charge on any atom is 0.250 e. The van der Waals surface area contributed by atoms with Gasteiger partial charge in [0.1, 0.15) is 4.21 Å². The summed E-state index contributed by atoms with van der Waals surface area (Å²) in [4.78, 5) is 3.98. The Morgan fingerprint density at radius 1 is 1.29 bits per heavy atom. The van der Waals surface area contributed by atoms with Gasteiger partial charge < -0.3 is 10.1 Å². The minimum Gasteiger partial charge on any atom is -0.481 e. The molecule has 0 aliphatic carbocycles. The summed E-state index contributed by atoms with van der Waals surface area (Å²) in [5.41, 5.74) is 1.74. The number of methoxy groups -OCH3 is 1. The molecule has 0 aliphatic rings. The minimum absolute atomic E-state index is 0.195. The Morgan fingerprint density at radius 2 is 2.10 bits per heavy atom. The first kappa shape index (κ1) is 15.9. The van der Waals surface area contributed by atoms with E-state index >= 15 is 0 Å². The Hall–Kier alpha value is -1.48. The van der Waals surface area contributed by atoms with Gasteiger partial charge in [0.05, 0.1) is 7.11 Å². The molecule has 2 heterocycles. The molecule has 0 radical (unpaired) electrons. The van der Waals surface area contributed by atoms with Crippen molar-refractivity contribution in [2.75, 3.05) is 14.2 Å². The highest BCUT2D eigenvalue weighted by Gasteiger charge is 2.16. The molecule has 2 aromatic heterocycles. The number of nitrogens with zero attached hydrogens (tertiary/aromatic N) is 1. The number of nitrogens with one attached hydrogen (secondary N) is 2. The van der Waals surface area contributed by atoms with Crippen LogP contribution in [0.2, 0.25) is 0 Å². The lowest BCUT2D eigenvalue weighted by atomic mass is 10.3. The van der Waals surface area contributed by atoms with Crippen LogP contribution in [0.25, 0.3) is 0 Å². The summed E-state index contributed by atoms with van der Waals surface area (Å²) in [6, 6.07) is 5.12. The predicted molar refractivity (Wildman–Crippen MR) is 81.9 cm³/mol. The van der Waals surface area contributed by atoms with Crippen LogP contribution in [0.1, 0.15) is 11.1 Å². The van der Waals surface area contributed by atoms with E-state index in [-0.39, 0.29) is 6.54 Å². The second kappa shape index (κ2) is 6.99. The zero-order valence-corrected chi connectivity index (χ0v) is 13.4. The number of rotatable bonds is 7. The number of hydrogen-bond acceptors (Lipinski definition) is 6. The molecule has 0 saturated heterocycles. The van der Waals surface area contributed by atoms with Gasteiger partial charge in [-0.05, 0) is 35.7 Å². The van der Waals surface area contributed by atoms with Crippen LogP contribution in [0.5, 0.6) is 5.88 Å². The van der Waals surface area contributed by atoms with Gasteiger partial charge in [-0.1, -0.05) is 0 Å². The lowest BCUT2D eigenvalue weighted by Crippen LogP contribution is -2.22. The molecule has 114 valence electrons. The Bertz CT molecular complexity index is 698. The lowest BCUT2D eigenvalue weighted by Gasteiger charge is -2.06. The Morgan fingerprint density at radius 3 is 2.81 bits per heavy atom. The molecular formula is C13H17N3O3S2. The largest absolute Gasteiger partial charge is 0.481 e. The summed E-state index contributed by atoms with van der Waals surface area (Å²) >= 11 is 1.21. The number of aromatic nitrogens is 1. The molecule has 0 spiro atoms. The van der Waals surface area contributed by atoms with Crippen molar-refractivity contribution in [3.63, 3.8) is 0 Å². The van der Waals surface area contributed by atoms with E-state index in [1.54, 1.807) is 24.4 Å². The van der Waals surface area contributed by atoms with E-state index in [1.807, 2.05) is 12.4 Å². The molecule has 6 nitrogen and oxygen atoms in total. The van der Waals surface area contributed by atoms with Gasteiger partial charge in [0.15, 0.2) is 0 Å². The lowest BCUT2D eigenvalue weighted by molar-refractivity contribution is 0.397. The molecule has 21 heavy (non-hydrogen) atoms. The highest BCUT2D eigenvalue weighted by Crippen LogP contribution is 2.20. The molecule has 0 amide bonds. The van der Waals surface area contributed by atoms with Crippen LogP contribution in [0.4, 0.5) is 0 Å². The van der Waals surface area contributed by atoms with Crippen molar-refractivity contribution >= 4 is 21.4 Å². The highest BCUT2D eigenvalue weighted by molar-refractivity contribution is 7.91. The van der Waals surface area contributed by atoms with Crippen molar-refractivity contribution in [3.05, 3.63) is 40.9 Å². The maximum atomic E-state index is 12.2. The molecule has 8 heteroatoms. The molecule has 0 aliphatic heterocycles. The Labute approximate surface area is 128 Å². The van der Waals surface area contributed by atoms with Gasteiger partial charge in [-0.15, -0.1) is 11.3 Å². The van der Waals surface area contributed by atoms with E-state index in [0.29, 0.717) is 16.6 Å². The predicted octanol–water partition coefficient (Wildman–Crippen LogP) is 1.35. The molecule has 0 atom stereocenters. The van der Waals surface area contributed by atoms with E-state index in [2.05, 4.69) is 15.0 Å². The fourth-order valence-electron chi connectivity index (χ4n) is 1.71. The molecule has 0 aromatic carbocycles. The second-order valence-corrected chi connectivity index (χ2v) is 7.24. The quantitative estimate of drug-likeness (QED) is 0.802. The van der Waals surface area contributed by atoms with Gasteiger partial charge in [-0.25, -0.2) is 18.1 Å². The molecule has 2 aromatic rings. The van der Waals surface area contributed by atoms with Crippen molar-refractivity contribution in [2.45, 2.75) is 17.3 Å². The average molecular weight is 327 g/mol. The summed E-state index contributed by atoms with van der Waals surface area (Å²) in [7, 11) is -0.157. The Kier molecular flexibility index (Phi) is 5.29. The zero-order valence-electron chi connectivity index (χ0n) is 11.8. The zero-order chi connectivity index (χ0) is 15.3. The summed E-state index contributed by atoms with van der Waals surface area (Å²) in [5, 5.41) is 4.82. The third-order valence-electron chi connectivity index (χ3n) is 2.75. The fourth-order valence-corrected chi connectivity index (χ4v) is 3.98. The van der Waals surface area contributed by atoms with E-state index in [9.17, 15) is 8.42 Å². The van der Waals surface area contributed by atoms with Crippen LogP contribution in [0.3, 0.4) is 0 Å². The molecule has 0 fully saturated rings. The van der Waals surface area contributed by atoms with E-state index in [0.717, 1.165) is 11.1 Å². The van der Waals surface area contributed by atoms with Crippen LogP contribution in [0.15, 0.2) is 34.0 Å². The first-order chi connectivity index (χ1) is 10.0. The molecular weight excluding hydrogens is 310 g/mol. The van der Waals surface area contributed by atoms with Crippen LogP contribution in [0, 0.1) is 0 Å². The normalized spacial score (nSPS) is 11.5. The SMILES string of the molecule is CNCc1csc(S(=O)(=O)NCc2ccnc(OC)c2)c1. The number of hydrogen-bond donors (Lipinski definition) is 2. The second-order valence-electron chi connectivity index (χ2n) is 4.34. The van der Waals surface area contributed by atoms with E-state index in [4.69, 9.17) is 4.74 Å². The average Bonchev–Trinajstić information content (AvgIpc) is 2.95. The van der Waals surface area contributed by atoms with Gasteiger partial charge in [0.25, 0.3) is 0 Å². The summed E-state index contributed by atoms with van der Waals surface area (Å²) in [6.45, 7) is 0.841. The third-order valence-corrected chi connectivity index (χ3v) is 5.64. The number of sulfonamides is 1. The number of thiophene rings is 1. The van der Waals surface area contributed by atoms with E-state index in [1.165, 1.54) is 18.4 Å². The maximum absolute atomic E-state index is 12.2. The first-order valence-electron chi connectivity index (χ1n) is 6.26. The topological polar surface area (TPSA) is 80.3 Å². The van der Waals surface area contributed by atoms with E-state index < -0.39 is 10.0 Å². The van der Waals surface area contributed by atoms with Crippen LogP contribution < -0.4 is 14.8 Å². The third kappa shape index (κ3) is 4.24. The fraction of sp³-hybridized carbons (Fsp3) is 0.308. The monoisotopic (exact) mass is 327 g/mol. The molecule has 0 bridgehead atoms. The van der Waals surface area contributed by atoms with Crippen LogP contribution >= 0.6 is 11.3 Å². The van der Waals surface area contributed by atoms with Gasteiger partial charge in [0, 0.05) is 25.4 Å². The van der Waals surface area contributed by atoms with Crippen LogP contribution in [-0.4, -0.2) is 27.6 Å². The smallest absolute Gasteiger partial charge is 0.250 e. The molecule has 2 rings (SSSR count). The molecule has 2 N–H and O–H groups in total. The van der Waals surface area contributed by atoms with Crippen molar-refractivity contribution in [3.8, 4) is 5.88 Å². The van der Waals surface area contributed by atoms with Crippen LogP contribution in [-0.2, 0) is 23.1 Å². The van der Waals surface area contributed by atoms with Crippen molar-refractivity contribution in [1.82, 2.24) is 15.0 Å².